The van der Waals surface area contributed by atoms with Crippen LogP contribution in [0.1, 0.15) is 0 Å². The Labute approximate surface area is 73.2 Å². The van der Waals surface area contributed by atoms with Crippen LogP contribution in [0.5, 0.6) is 0 Å². The molecule has 1 rings (SSSR count). The largest absolute Gasteiger partial charge is 0.368 e. The fourth-order valence-corrected chi connectivity index (χ4v) is 0.676. The molecule has 0 fully saturated rings. The normalized spacial score (nSPS) is 9.62. The number of halogens is 1. The molecule has 0 spiro atoms. The van der Waals surface area contributed by atoms with Crippen LogP contribution >= 0.6 is 0 Å². The summed E-state index contributed by atoms with van der Waals surface area (Å²) in [5.74, 6) is -1.51. The van der Waals surface area contributed by atoms with Crippen LogP contribution in [0, 0.1) is 5.82 Å². The molecular weight excluding hydrogens is 177 g/mol. The van der Waals surface area contributed by atoms with E-state index in [-0.39, 0.29) is 18.3 Å². The number of nitrogen functional groups attached to an aromatic ring is 1. The van der Waals surface area contributed by atoms with Crippen LogP contribution in [0.2, 0.25) is 0 Å². The van der Waals surface area contributed by atoms with Gasteiger partial charge in [-0.25, -0.2) is 9.37 Å². The van der Waals surface area contributed by atoms with Crippen molar-refractivity contribution >= 4 is 17.7 Å². The lowest BCUT2D eigenvalue weighted by Gasteiger charge is -2.03. The van der Waals surface area contributed by atoms with Gasteiger partial charge in [0.25, 0.3) is 0 Å². The summed E-state index contributed by atoms with van der Waals surface area (Å²) in [5.41, 5.74) is 10.0. The maximum Gasteiger partial charge on any atom is 0.236 e. The van der Waals surface area contributed by atoms with Crippen molar-refractivity contribution in [3.63, 3.8) is 0 Å². The number of hydrogen-bond acceptors (Lipinski definition) is 5. The quantitative estimate of drug-likeness (QED) is 0.565. The van der Waals surface area contributed by atoms with Crippen molar-refractivity contribution < 1.29 is 9.18 Å². The predicted octanol–water partition coefficient (Wildman–Crippen LogP) is -0.905. The van der Waals surface area contributed by atoms with Crippen LogP contribution in [-0.2, 0) is 4.79 Å². The summed E-state index contributed by atoms with van der Waals surface area (Å²) < 4.78 is 12.8. The van der Waals surface area contributed by atoms with Gasteiger partial charge in [0.2, 0.25) is 11.9 Å². The van der Waals surface area contributed by atoms with E-state index in [0.717, 1.165) is 6.20 Å². The van der Waals surface area contributed by atoms with E-state index in [2.05, 4.69) is 15.3 Å². The Balaban J connectivity index is 2.75. The number of nitrogens with two attached hydrogens (primary N) is 2. The molecule has 0 aliphatic heterocycles. The van der Waals surface area contributed by atoms with Gasteiger partial charge in [0.05, 0.1) is 12.7 Å². The van der Waals surface area contributed by atoms with E-state index in [1.165, 1.54) is 0 Å². The Kier molecular flexibility index (Phi) is 2.58. The van der Waals surface area contributed by atoms with Crippen molar-refractivity contribution in [1.82, 2.24) is 9.97 Å². The molecule has 0 bridgehead atoms. The van der Waals surface area contributed by atoms with Crippen LogP contribution in [0.4, 0.5) is 16.2 Å². The molecule has 0 atom stereocenters. The first-order valence-electron chi connectivity index (χ1n) is 3.40. The number of nitrogens with zero attached hydrogens (tertiary/aromatic N) is 2. The first kappa shape index (κ1) is 9.17. The molecule has 1 heterocycles. The van der Waals surface area contributed by atoms with Gasteiger partial charge >= 0.3 is 0 Å². The monoisotopic (exact) mass is 185 g/mol. The Morgan fingerprint density at radius 1 is 1.69 bits per heavy atom. The van der Waals surface area contributed by atoms with Gasteiger partial charge in [-0.1, -0.05) is 0 Å². The molecule has 5 N–H and O–H groups in total. The van der Waals surface area contributed by atoms with E-state index in [1.807, 2.05) is 0 Å². The van der Waals surface area contributed by atoms with Crippen molar-refractivity contribution in [2.24, 2.45) is 5.73 Å². The molecule has 70 valence electrons. The van der Waals surface area contributed by atoms with E-state index in [1.54, 1.807) is 0 Å². The second-order valence-electron chi connectivity index (χ2n) is 2.24. The number of aromatic nitrogens is 2. The highest BCUT2D eigenvalue weighted by atomic mass is 19.1. The van der Waals surface area contributed by atoms with E-state index < -0.39 is 11.7 Å². The van der Waals surface area contributed by atoms with Gasteiger partial charge in [-0.05, 0) is 0 Å². The number of carbonyl (C=O) groups excluding carboxylic acids is 1. The first-order chi connectivity index (χ1) is 6.09. The highest BCUT2D eigenvalue weighted by molar-refractivity contribution is 5.78. The van der Waals surface area contributed by atoms with E-state index in [9.17, 15) is 9.18 Å². The summed E-state index contributed by atoms with van der Waals surface area (Å²) in [6.07, 6.45) is 0.908. The molecule has 0 saturated carbocycles. The molecule has 0 saturated heterocycles. The number of carbonyl (C=O) groups is 1. The molecular formula is C6H8FN5O. The molecule has 7 heteroatoms. The van der Waals surface area contributed by atoms with Crippen molar-refractivity contribution in [2.75, 3.05) is 17.6 Å². The summed E-state index contributed by atoms with van der Waals surface area (Å²) in [6, 6.07) is 0. The third-order valence-corrected chi connectivity index (χ3v) is 1.19. The van der Waals surface area contributed by atoms with E-state index >= 15 is 0 Å². The number of primary amides is 1. The summed E-state index contributed by atoms with van der Waals surface area (Å²) in [6.45, 7) is -0.201. The van der Waals surface area contributed by atoms with Crippen molar-refractivity contribution in [2.45, 2.75) is 0 Å². The van der Waals surface area contributed by atoms with E-state index in [4.69, 9.17) is 11.5 Å². The molecule has 6 nitrogen and oxygen atoms in total. The zero-order valence-corrected chi connectivity index (χ0v) is 6.62. The molecule has 0 aliphatic rings. The van der Waals surface area contributed by atoms with Gasteiger partial charge in [-0.2, -0.15) is 4.98 Å². The first-order valence-corrected chi connectivity index (χ1v) is 3.40. The smallest absolute Gasteiger partial charge is 0.236 e. The minimum Gasteiger partial charge on any atom is -0.368 e. The molecule has 1 aromatic heterocycles. The minimum absolute atomic E-state index is 0.0756. The maximum atomic E-state index is 12.8. The Bertz CT molecular complexity index is 329. The van der Waals surface area contributed by atoms with Crippen molar-refractivity contribution in [1.29, 1.82) is 0 Å². The van der Waals surface area contributed by atoms with Crippen molar-refractivity contribution in [3.8, 4) is 0 Å². The lowest BCUT2D eigenvalue weighted by atomic mass is 10.5. The van der Waals surface area contributed by atoms with Gasteiger partial charge in [0, 0.05) is 0 Å². The summed E-state index contributed by atoms with van der Waals surface area (Å²) in [7, 11) is 0. The number of rotatable bonds is 3. The average Bonchev–Trinajstić information content (AvgIpc) is 2.06. The Hall–Kier alpha value is -1.92. The van der Waals surface area contributed by atoms with Crippen LogP contribution in [0.25, 0.3) is 0 Å². The molecule has 1 aromatic rings. The predicted molar refractivity (Wildman–Crippen MR) is 44.1 cm³/mol. The fraction of sp³-hybridized carbons (Fsp3) is 0.167. The van der Waals surface area contributed by atoms with Crippen LogP contribution in [0.3, 0.4) is 0 Å². The molecule has 0 radical (unpaired) electrons. The maximum absolute atomic E-state index is 12.8. The fourth-order valence-electron chi connectivity index (χ4n) is 0.676. The second kappa shape index (κ2) is 3.65. The lowest BCUT2D eigenvalue weighted by Crippen LogP contribution is -2.23. The van der Waals surface area contributed by atoms with Crippen molar-refractivity contribution in [3.05, 3.63) is 12.0 Å². The molecule has 13 heavy (non-hydrogen) atoms. The van der Waals surface area contributed by atoms with Gasteiger partial charge in [-0.15, -0.1) is 0 Å². The SMILES string of the molecule is NC(=O)CNc1nc(N)ncc1F. The van der Waals surface area contributed by atoms with Crippen LogP contribution < -0.4 is 16.8 Å². The Morgan fingerprint density at radius 2 is 2.38 bits per heavy atom. The molecule has 0 aromatic carbocycles. The zero-order valence-electron chi connectivity index (χ0n) is 6.62. The number of anilines is 2. The Morgan fingerprint density at radius 3 is 3.00 bits per heavy atom. The summed E-state index contributed by atoms with van der Waals surface area (Å²) in [4.78, 5) is 17.3. The lowest BCUT2D eigenvalue weighted by molar-refractivity contribution is -0.116. The van der Waals surface area contributed by atoms with Crippen LogP contribution in [-0.4, -0.2) is 22.4 Å². The third kappa shape index (κ3) is 2.55. The minimum atomic E-state index is -0.685. The molecule has 1 amide bonds. The van der Waals surface area contributed by atoms with Crippen LogP contribution in [0.15, 0.2) is 6.20 Å². The van der Waals surface area contributed by atoms with E-state index in [0.29, 0.717) is 0 Å². The van der Waals surface area contributed by atoms with Gasteiger partial charge in [0.1, 0.15) is 0 Å². The summed E-state index contributed by atoms with van der Waals surface area (Å²) in [5, 5.41) is 2.37. The average molecular weight is 185 g/mol. The number of nitrogens with one attached hydrogen (secondary N) is 1. The number of hydrogen-bond donors (Lipinski definition) is 3. The van der Waals surface area contributed by atoms with Gasteiger partial charge in [-0.3, -0.25) is 4.79 Å². The number of amides is 1. The molecule has 0 aliphatic carbocycles. The summed E-state index contributed by atoms with van der Waals surface area (Å²) >= 11 is 0. The highest BCUT2D eigenvalue weighted by Gasteiger charge is 2.05. The highest BCUT2D eigenvalue weighted by Crippen LogP contribution is 2.08. The molecule has 0 unspecified atom stereocenters. The topological polar surface area (TPSA) is 107 Å². The second-order valence-corrected chi connectivity index (χ2v) is 2.24. The standard InChI is InChI=1S/C6H8FN5O/c7-3-1-11-6(9)12-5(3)10-2-4(8)13/h1H,2H2,(H2,8,13)(H3,9,10,11,12). The third-order valence-electron chi connectivity index (χ3n) is 1.19. The van der Waals surface area contributed by atoms with Gasteiger partial charge < -0.3 is 16.8 Å². The zero-order chi connectivity index (χ0) is 9.84. The van der Waals surface area contributed by atoms with Gasteiger partial charge in [0.15, 0.2) is 11.6 Å².